The highest BCUT2D eigenvalue weighted by Gasteiger charge is 2.12. The van der Waals surface area contributed by atoms with Crippen LogP contribution in [0.2, 0.25) is 0 Å². The van der Waals surface area contributed by atoms with Crippen LogP contribution in [0.1, 0.15) is 23.8 Å². The van der Waals surface area contributed by atoms with Crippen molar-refractivity contribution in [3.63, 3.8) is 0 Å². The molecule has 0 atom stereocenters. The molecule has 0 unspecified atom stereocenters. The number of hydrogen-bond acceptors (Lipinski definition) is 6. The summed E-state index contributed by atoms with van der Waals surface area (Å²) in [6.45, 7) is 2.46. The highest BCUT2D eigenvalue weighted by atomic mass is 32.2. The van der Waals surface area contributed by atoms with E-state index in [0.29, 0.717) is 11.7 Å². The summed E-state index contributed by atoms with van der Waals surface area (Å²) in [4.78, 5) is 30.1. The van der Waals surface area contributed by atoms with Crippen LogP contribution < -0.4 is 5.69 Å². The number of aromatic carboxylic acids is 1. The number of H-pyrrole nitrogens is 1. The van der Waals surface area contributed by atoms with Gasteiger partial charge in [0, 0.05) is 12.7 Å². The minimum atomic E-state index is -1.13. The van der Waals surface area contributed by atoms with Crippen LogP contribution in [0.25, 0.3) is 0 Å². The first-order valence-corrected chi connectivity index (χ1v) is 6.33. The molecule has 0 aliphatic carbocycles. The van der Waals surface area contributed by atoms with Crippen molar-refractivity contribution in [2.45, 2.75) is 30.2 Å². The zero-order chi connectivity index (χ0) is 13.8. The Morgan fingerprint density at radius 2 is 2.37 bits per heavy atom. The van der Waals surface area contributed by atoms with E-state index in [2.05, 4.69) is 20.2 Å². The first kappa shape index (κ1) is 13.3. The number of rotatable bonds is 5. The van der Waals surface area contributed by atoms with Gasteiger partial charge in [-0.1, -0.05) is 6.92 Å². The Balaban J connectivity index is 2.28. The summed E-state index contributed by atoms with van der Waals surface area (Å²) in [5, 5.41) is 15.7. The molecule has 0 amide bonds. The second-order valence-electron chi connectivity index (χ2n) is 3.59. The van der Waals surface area contributed by atoms with Crippen LogP contribution in [-0.4, -0.2) is 35.8 Å². The van der Waals surface area contributed by atoms with Gasteiger partial charge >= 0.3 is 11.7 Å². The molecule has 9 heteroatoms. The molecule has 0 aliphatic rings. The molecule has 0 aromatic carbocycles. The van der Waals surface area contributed by atoms with Crippen molar-refractivity contribution in [3.8, 4) is 0 Å². The lowest BCUT2D eigenvalue weighted by molar-refractivity contribution is 0.0689. The molecule has 0 spiro atoms. The predicted molar refractivity (Wildman–Crippen MR) is 66.3 cm³/mol. The van der Waals surface area contributed by atoms with Gasteiger partial charge in [0.1, 0.15) is 0 Å². The number of aromatic amines is 1. The molecule has 100 valence electrons. The van der Waals surface area contributed by atoms with Crippen molar-refractivity contribution >= 4 is 17.7 Å². The van der Waals surface area contributed by atoms with E-state index in [-0.39, 0.29) is 16.5 Å². The number of aromatic nitrogens is 5. The van der Waals surface area contributed by atoms with Gasteiger partial charge in [0.05, 0.1) is 0 Å². The highest BCUT2D eigenvalue weighted by Crippen LogP contribution is 2.21. The normalized spacial score (nSPS) is 10.6. The van der Waals surface area contributed by atoms with E-state index < -0.39 is 5.97 Å². The minimum Gasteiger partial charge on any atom is -0.477 e. The second-order valence-corrected chi connectivity index (χ2v) is 4.53. The van der Waals surface area contributed by atoms with E-state index in [9.17, 15) is 9.59 Å². The van der Waals surface area contributed by atoms with Crippen molar-refractivity contribution in [1.29, 1.82) is 0 Å². The van der Waals surface area contributed by atoms with E-state index in [4.69, 9.17) is 5.11 Å². The van der Waals surface area contributed by atoms with Gasteiger partial charge in [-0.2, -0.15) is 0 Å². The summed E-state index contributed by atoms with van der Waals surface area (Å²) in [6.07, 6.45) is 2.14. The fourth-order valence-corrected chi connectivity index (χ4v) is 2.19. The van der Waals surface area contributed by atoms with Gasteiger partial charge in [0.2, 0.25) is 0 Å². The Bertz CT molecular complexity index is 651. The molecule has 2 rings (SSSR count). The summed E-state index contributed by atoms with van der Waals surface area (Å²) in [7, 11) is 0. The number of carboxylic acid groups (broad SMARTS) is 1. The lowest BCUT2D eigenvalue weighted by Crippen LogP contribution is -2.17. The number of nitrogens with zero attached hydrogens (tertiary/aromatic N) is 4. The second kappa shape index (κ2) is 5.65. The van der Waals surface area contributed by atoms with E-state index in [0.717, 1.165) is 18.2 Å². The number of nitrogens with one attached hydrogen (secondary N) is 1. The van der Waals surface area contributed by atoms with Gasteiger partial charge in [-0.25, -0.2) is 24.7 Å². The first-order valence-electron chi connectivity index (χ1n) is 5.51. The van der Waals surface area contributed by atoms with Crippen molar-refractivity contribution in [2.75, 3.05) is 0 Å². The van der Waals surface area contributed by atoms with Gasteiger partial charge in [-0.05, 0) is 24.2 Å². The van der Waals surface area contributed by atoms with Crippen LogP contribution in [0.15, 0.2) is 27.4 Å². The zero-order valence-corrected chi connectivity index (χ0v) is 10.8. The maximum absolute atomic E-state index is 11.5. The maximum atomic E-state index is 11.5. The van der Waals surface area contributed by atoms with Crippen LogP contribution in [0.3, 0.4) is 0 Å². The minimum absolute atomic E-state index is 0.0996. The molecule has 8 nitrogen and oxygen atoms in total. The Kier molecular flexibility index (Phi) is 3.95. The number of carboxylic acids is 1. The van der Waals surface area contributed by atoms with E-state index in [1.807, 2.05) is 6.92 Å². The van der Waals surface area contributed by atoms with Crippen molar-refractivity contribution in [1.82, 2.24) is 24.7 Å². The molecule has 0 saturated carbocycles. The molecule has 19 heavy (non-hydrogen) atoms. The van der Waals surface area contributed by atoms with Crippen molar-refractivity contribution < 1.29 is 9.90 Å². The van der Waals surface area contributed by atoms with E-state index in [1.165, 1.54) is 16.8 Å². The lowest BCUT2D eigenvalue weighted by Gasteiger charge is -2.02. The quantitative estimate of drug-likeness (QED) is 0.772. The highest BCUT2D eigenvalue weighted by molar-refractivity contribution is 7.99. The Morgan fingerprint density at radius 3 is 3.05 bits per heavy atom. The van der Waals surface area contributed by atoms with Gasteiger partial charge in [-0.15, -0.1) is 5.10 Å². The average molecular weight is 281 g/mol. The summed E-state index contributed by atoms with van der Waals surface area (Å²) in [5.41, 5.74) is -0.406. The topological polar surface area (TPSA) is 114 Å². The summed E-state index contributed by atoms with van der Waals surface area (Å²) in [6, 6.07) is 1.30. The molecule has 0 fully saturated rings. The van der Waals surface area contributed by atoms with Crippen LogP contribution in [0, 0.1) is 0 Å². The summed E-state index contributed by atoms with van der Waals surface area (Å²) >= 11 is 1.04. The monoisotopic (exact) mass is 281 g/mol. The van der Waals surface area contributed by atoms with Crippen LogP contribution >= 0.6 is 11.8 Å². The Labute approximate surface area is 111 Å². The fraction of sp³-hybridized carbons (Fsp3) is 0.300. The van der Waals surface area contributed by atoms with Gasteiger partial charge in [0.15, 0.2) is 16.0 Å². The Hall–Kier alpha value is -2.16. The lowest BCUT2D eigenvalue weighted by atomic mass is 10.4. The van der Waals surface area contributed by atoms with Crippen molar-refractivity contribution in [2.24, 2.45) is 0 Å². The third-order valence-electron chi connectivity index (χ3n) is 2.21. The fourth-order valence-electron chi connectivity index (χ4n) is 1.39. The third kappa shape index (κ3) is 2.99. The molecule has 0 bridgehead atoms. The molecule has 0 aliphatic heterocycles. The van der Waals surface area contributed by atoms with Gasteiger partial charge in [-0.3, -0.25) is 4.57 Å². The molecule has 0 radical (unpaired) electrons. The van der Waals surface area contributed by atoms with Gasteiger partial charge < -0.3 is 5.11 Å². The molecule has 0 saturated heterocycles. The average Bonchev–Trinajstić information content (AvgIpc) is 2.72. The smallest absolute Gasteiger partial charge is 0.354 e. The van der Waals surface area contributed by atoms with E-state index in [1.54, 1.807) is 0 Å². The third-order valence-corrected chi connectivity index (χ3v) is 3.08. The van der Waals surface area contributed by atoms with Gasteiger partial charge in [0.25, 0.3) is 0 Å². The van der Waals surface area contributed by atoms with E-state index >= 15 is 0 Å². The van der Waals surface area contributed by atoms with Crippen molar-refractivity contribution in [3.05, 3.63) is 28.4 Å². The number of hydrogen-bond donors (Lipinski definition) is 2. The van der Waals surface area contributed by atoms with Crippen LogP contribution in [0.5, 0.6) is 0 Å². The molecule has 2 N–H and O–H groups in total. The summed E-state index contributed by atoms with van der Waals surface area (Å²) in [5.74, 6) is -1.13. The molecule has 2 aromatic heterocycles. The number of carbonyl (C=O) groups is 1. The Morgan fingerprint density at radius 1 is 1.58 bits per heavy atom. The largest absolute Gasteiger partial charge is 0.477 e. The molecular weight excluding hydrogens is 270 g/mol. The molecule has 2 aromatic rings. The first-order chi connectivity index (χ1) is 9.11. The predicted octanol–water partition coefficient (Wildman–Crippen LogP) is 0.621. The van der Waals surface area contributed by atoms with Crippen LogP contribution in [0.4, 0.5) is 0 Å². The molecule has 2 heterocycles. The zero-order valence-electron chi connectivity index (χ0n) is 10.0. The molecular formula is C10H11N5O3S. The maximum Gasteiger partial charge on any atom is 0.354 e. The summed E-state index contributed by atoms with van der Waals surface area (Å²) < 4.78 is 1.46. The van der Waals surface area contributed by atoms with Crippen LogP contribution in [-0.2, 0) is 6.54 Å². The SMILES string of the molecule is CCCn1c(Sc2nccc(C(=O)O)n2)n[nH]c1=O. The standard InChI is InChI=1S/C10H11N5O3S/c1-2-5-15-9(18)13-14-10(15)19-8-11-4-3-6(12-8)7(16)17/h3-4H,2,5H2,1H3,(H,13,18)(H,16,17).